The zero-order chi connectivity index (χ0) is 17.1. The third kappa shape index (κ3) is 3.71. The molecule has 3 aromatic rings. The molecule has 0 atom stereocenters. The first-order valence-corrected chi connectivity index (χ1v) is 9.27. The van der Waals surface area contributed by atoms with Crippen LogP contribution in [0.3, 0.4) is 0 Å². The highest BCUT2D eigenvalue weighted by atomic mass is 32.2. The summed E-state index contributed by atoms with van der Waals surface area (Å²) in [6, 6.07) is 6.34. The molecule has 0 amide bonds. The number of halogens is 1. The molecule has 2 heterocycles. The fraction of sp³-hybridized carbons (Fsp3) is 0.438. The monoisotopic (exact) mass is 360 g/mol. The number of rotatable bonds is 5. The molecule has 1 fully saturated rings. The number of hydrogen-bond acceptors (Lipinski definition) is 7. The zero-order valence-electron chi connectivity index (χ0n) is 13.5. The highest BCUT2D eigenvalue weighted by Crippen LogP contribution is 2.31. The van der Waals surface area contributed by atoms with Crippen molar-refractivity contribution in [1.82, 2.24) is 30.3 Å². The molecule has 0 radical (unpaired) electrons. The van der Waals surface area contributed by atoms with E-state index in [1.54, 1.807) is 12.1 Å². The van der Waals surface area contributed by atoms with Crippen molar-refractivity contribution < 1.29 is 8.91 Å². The molecule has 4 rings (SSSR count). The van der Waals surface area contributed by atoms with Crippen LogP contribution in [-0.4, -0.2) is 30.3 Å². The maximum Gasteiger partial charge on any atom is 0.257 e. The molecule has 0 bridgehead atoms. The number of tetrazole rings is 1. The molecule has 0 unspecified atom stereocenters. The Morgan fingerprint density at radius 2 is 1.96 bits per heavy atom. The van der Waals surface area contributed by atoms with Crippen LogP contribution in [0.25, 0.3) is 11.5 Å². The Kier molecular flexibility index (Phi) is 4.73. The minimum atomic E-state index is -0.298. The highest BCUT2D eigenvalue weighted by molar-refractivity contribution is 7.98. The average Bonchev–Trinajstić information content (AvgIpc) is 3.31. The van der Waals surface area contributed by atoms with Gasteiger partial charge in [0.1, 0.15) is 5.82 Å². The second kappa shape index (κ2) is 7.30. The molecule has 1 aliphatic carbocycles. The zero-order valence-corrected chi connectivity index (χ0v) is 14.3. The molecule has 130 valence electrons. The Morgan fingerprint density at radius 3 is 2.76 bits per heavy atom. The molecule has 0 spiro atoms. The lowest BCUT2D eigenvalue weighted by molar-refractivity contribution is 0.307. The maximum absolute atomic E-state index is 13.0. The van der Waals surface area contributed by atoms with Crippen molar-refractivity contribution in [3.63, 3.8) is 0 Å². The van der Waals surface area contributed by atoms with E-state index in [0.29, 0.717) is 29.1 Å². The minimum absolute atomic E-state index is 0.298. The van der Waals surface area contributed by atoms with E-state index in [2.05, 4.69) is 25.7 Å². The smallest absolute Gasteiger partial charge is 0.257 e. The maximum atomic E-state index is 13.0. The van der Waals surface area contributed by atoms with Crippen LogP contribution in [0.1, 0.15) is 44.0 Å². The van der Waals surface area contributed by atoms with E-state index in [4.69, 9.17) is 4.52 Å². The third-order valence-electron chi connectivity index (χ3n) is 4.27. The molecule has 1 saturated carbocycles. The van der Waals surface area contributed by atoms with E-state index in [1.165, 1.54) is 43.2 Å². The van der Waals surface area contributed by atoms with Crippen molar-refractivity contribution in [2.75, 3.05) is 0 Å². The van der Waals surface area contributed by atoms with Crippen LogP contribution in [0, 0.1) is 5.82 Å². The molecule has 0 N–H and O–H groups in total. The Bertz CT molecular complexity index is 827. The normalized spacial score (nSPS) is 15.6. The Labute approximate surface area is 148 Å². The first-order chi connectivity index (χ1) is 12.3. The van der Waals surface area contributed by atoms with Crippen LogP contribution in [-0.2, 0) is 5.75 Å². The summed E-state index contributed by atoms with van der Waals surface area (Å²) in [5.74, 6) is 1.15. The van der Waals surface area contributed by atoms with Crippen molar-refractivity contribution in [3.05, 3.63) is 35.9 Å². The summed E-state index contributed by atoms with van der Waals surface area (Å²) in [7, 11) is 0. The Balaban J connectivity index is 1.42. The van der Waals surface area contributed by atoms with Crippen molar-refractivity contribution in [1.29, 1.82) is 0 Å². The summed E-state index contributed by atoms with van der Waals surface area (Å²) in [5, 5.41) is 16.8. The first-order valence-electron chi connectivity index (χ1n) is 8.29. The number of aromatic nitrogens is 6. The van der Waals surface area contributed by atoms with E-state index < -0.39 is 0 Å². The van der Waals surface area contributed by atoms with Gasteiger partial charge in [0, 0.05) is 5.56 Å². The second-order valence-corrected chi connectivity index (χ2v) is 6.95. The predicted octanol–water partition coefficient (Wildman–Crippen LogP) is 3.66. The van der Waals surface area contributed by atoms with Crippen molar-refractivity contribution >= 4 is 11.8 Å². The van der Waals surface area contributed by atoms with Crippen LogP contribution in [0.2, 0.25) is 0 Å². The van der Waals surface area contributed by atoms with E-state index in [9.17, 15) is 4.39 Å². The third-order valence-corrected chi connectivity index (χ3v) is 5.20. The standard InChI is InChI=1S/C16H17FN6OS/c17-12-8-6-11(7-9-12)15-18-14(20-24-15)10-25-16-19-21-22-23(16)13-4-2-1-3-5-13/h6-9,13H,1-5,10H2. The topological polar surface area (TPSA) is 82.5 Å². The summed E-state index contributed by atoms with van der Waals surface area (Å²) in [6.07, 6.45) is 5.97. The predicted molar refractivity (Wildman–Crippen MR) is 89.2 cm³/mol. The fourth-order valence-electron chi connectivity index (χ4n) is 2.99. The van der Waals surface area contributed by atoms with Gasteiger partial charge in [0.05, 0.1) is 11.8 Å². The quantitative estimate of drug-likeness (QED) is 0.642. The van der Waals surface area contributed by atoms with Gasteiger partial charge in [-0.3, -0.25) is 0 Å². The summed E-state index contributed by atoms with van der Waals surface area (Å²) < 4.78 is 20.2. The number of hydrogen-bond donors (Lipinski definition) is 0. The van der Waals surface area contributed by atoms with E-state index in [0.717, 1.165) is 18.0 Å². The van der Waals surface area contributed by atoms with Crippen LogP contribution in [0.4, 0.5) is 4.39 Å². The molecular formula is C16H17FN6OS. The highest BCUT2D eigenvalue weighted by Gasteiger charge is 2.20. The van der Waals surface area contributed by atoms with Gasteiger partial charge in [-0.1, -0.05) is 36.2 Å². The molecule has 1 aromatic carbocycles. The second-order valence-electron chi connectivity index (χ2n) is 6.01. The van der Waals surface area contributed by atoms with Crippen LogP contribution >= 0.6 is 11.8 Å². The number of nitrogens with zero attached hydrogens (tertiary/aromatic N) is 6. The SMILES string of the molecule is Fc1ccc(-c2nc(CSc3nnnn3C3CCCCC3)no2)cc1. The van der Waals surface area contributed by atoms with Gasteiger partial charge in [0.25, 0.3) is 5.89 Å². The molecule has 9 heteroatoms. The molecular weight excluding hydrogens is 343 g/mol. The molecule has 0 aliphatic heterocycles. The van der Waals surface area contributed by atoms with Gasteiger partial charge in [0.15, 0.2) is 5.82 Å². The van der Waals surface area contributed by atoms with Crippen molar-refractivity contribution in [3.8, 4) is 11.5 Å². The molecule has 2 aromatic heterocycles. The summed E-state index contributed by atoms with van der Waals surface area (Å²) in [5.41, 5.74) is 0.692. The van der Waals surface area contributed by atoms with Crippen LogP contribution < -0.4 is 0 Å². The minimum Gasteiger partial charge on any atom is -0.334 e. The van der Waals surface area contributed by atoms with Gasteiger partial charge in [-0.2, -0.15) is 4.98 Å². The number of benzene rings is 1. The van der Waals surface area contributed by atoms with E-state index in [-0.39, 0.29) is 5.82 Å². The van der Waals surface area contributed by atoms with Gasteiger partial charge in [0.2, 0.25) is 5.16 Å². The van der Waals surface area contributed by atoms with Gasteiger partial charge >= 0.3 is 0 Å². The van der Waals surface area contributed by atoms with Crippen molar-refractivity contribution in [2.24, 2.45) is 0 Å². The Hall–Kier alpha value is -2.29. The summed E-state index contributed by atoms with van der Waals surface area (Å²) in [4.78, 5) is 4.35. The molecule has 7 nitrogen and oxygen atoms in total. The van der Waals surface area contributed by atoms with Gasteiger partial charge in [-0.15, -0.1) is 5.10 Å². The number of thioether (sulfide) groups is 1. The Morgan fingerprint density at radius 1 is 1.16 bits per heavy atom. The molecule has 1 aliphatic rings. The van der Waals surface area contributed by atoms with Gasteiger partial charge < -0.3 is 4.52 Å². The summed E-state index contributed by atoms with van der Waals surface area (Å²) in [6.45, 7) is 0. The average molecular weight is 360 g/mol. The lowest BCUT2D eigenvalue weighted by atomic mass is 9.96. The van der Waals surface area contributed by atoms with Gasteiger partial charge in [-0.05, 0) is 47.5 Å². The van der Waals surface area contributed by atoms with Crippen LogP contribution in [0.15, 0.2) is 33.9 Å². The van der Waals surface area contributed by atoms with Crippen molar-refractivity contribution in [2.45, 2.75) is 49.1 Å². The molecule has 25 heavy (non-hydrogen) atoms. The summed E-state index contributed by atoms with van der Waals surface area (Å²) >= 11 is 1.49. The fourth-order valence-corrected chi connectivity index (χ4v) is 3.77. The largest absolute Gasteiger partial charge is 0.334 e. The first kappa shape index (κ1) is 16.2. The van der Waals surface area contributed by atoms with E-state index >= 15 is 0 Å². The van der Waals surface area contributed by atoms with E-state index in [1.807, 2.05) is 4.68 Å². The lowest BCUT2D eigenvalue weighted by Gasteiger charge is -2.21. The molecule has 0 saturated heterocycles. The van der Waals surface area contributed by atoms with Gasteiger partial charge in [-0.25, -0.2) is 9.07 Å². The lowest BCUT2D eigenvalue weighted by Crippen LogP contribution is -2.15. The van der Waals surface area contributed by atoms with Crippen LogP contribution in [0.5, 0.6) is 0 Å².